The highest BCUT2D eigenvalue weighted by molar-refractivity contribution is 5.34. The highest BCUT2D eigenvalue weighted by atomic mass is 14.3. The van der Waals surface area contributed by atoms with E-state index >= 15 is 0 Å². The number of hydrogen-bond donors (Lipinski definition) is 0. The van der Waals surface area contributed by atoms with Crippen LogP contribution in [-0.2, 0) is 6.42 Å². The van der Waals surface area contributed by atoms with E-state index in [1.54, 1.807) is 11.1 Å². The van der Waals surface area contributed by atoms with Gasteiger partial charge in [-0.15, -0.1) is 0 Å². The summed E-state index contributed by atoms with van der Waals surface area (Å²) in [7, 11) is 0. The molecule has 0 radical (unpaired) electrons. The van der Waals surface area contributed by atoms with Crippen molar-refractivity contribution in [3.8, 4) is 0 Å². The van der Waals surface area contributed by atoms with Crippen LogP contribution in [0.5, 0.6) is 0 Å². The molecule has 0 aliphatic heterocycles. The zero-order valence-corrected chi connectivity index (χ0v) is 9.88. The average molecular weight is 190 g/mol. The predicted molar refractivity (Wildman–Crippen MR) is 63.7 cm³/mol. The molecule has 2 rings (SSSR count). The van der Waals surface area contributed by atoms with Crippen LogP contribution in [0.4, 0.5) is 0 Å². The smallest absolute Gasteiger partial charge is 0.0133 e. The fraction of sp³-hybridized carbons (Fsp3) is 0.571. The molecule has 1 aliphatic rings. The van der Waals surface area contributed by atoms with E-state index < -0.39 is 0 Å². The Labute approximate surface area is 88.4 Å². The first-order valence-corrected chi connectivity index (χ1v) is 5.87. The van der Waals surface area contributed by atoms with Crippen molar-refractivity contribution in [2.75, 3.05) is 0 Å². The van der Waals surface area contributed by atoms with Gasteiger partial charge in [0.15, 0.2) is 0 Å². The fourth-order valence-electron chi connectivity index (χ4n) is 2.28. The molecule has 1 atom stereocenters. The molecule has 1 unspecified atom stereocenters. The van der Waals surface area contributed by atoms with Crippen LogP contribution in [0.3, 0.4) is 0 Å². The van der Waals surface area contributed by atoms with Crippen LogP contribution in [-0.4, -0.2) is 0 Å². The number of aryl methyl sites for hydroxylation is 1. The normalized spacial score (nSPS) is 18.8. The summed E-state index contributed by atoms with van der Waals surface area (Å²) in [6, 6.07) is 8.89. The molecule has 0 saturated heterocycles. The Hall–Kier alpha value is -0.780. The van der Waals surface area contributed by atoms with E-state index in [9.17, 15) is 0 Å². The first kappa shape index (κ1) is 11.3. The first-order valence-electron chi connectivity index (χ1n) is 5.87. The van der Waals surface area contributed by atoms with Crippen LogP contribution in [0.15, 0.2) is 24.3 Å². The monoisotopic (exact) mass is 190 g/mol. The Morgan fingerprint density at radius 1 is 1.14 bits per heavy atom. The van der Waals surface area contributed by atoms with Gasteiger partial charge in [-0.05, 0) is 35.8 Å². The lowest BCUT2D eigenvalue weighted by Crippen LogP contribution is -2.01. The predicted octanol–water partition coefficient (Wildman–Crippen LogP) is 4.40. The van der Waals surface area contributed by atoms with Crippen molar-refractivity contribution in [1.29, 1.82) is 0 Å². The summed E-state index contributed by atoms with van der Waals surface area (Å²) in [6.45, 7) is 8.65. The molecule has 0 aromatic heterocycles. The highest BCUT2D eigenvalue weighted by Crippen LogP contribution is 2.37. The molecule has 0 amide bonds. The molecular formula is C14H22. The molecule has 0 bridgehead atoms. The Morgan fingerprint density at radius 3 is 2.43 bits per heavy atom. The SMILES string of the molecule is CC.CC(C)C1CCc2ccccc21. The maximum atomic E-state index is 2.33. The lowest BCUT2D eigenvalue weighted by Gasteiger charge is -2.14. The molecule has 0 heterocycles. The second-order valence-electron chi connectivity index (χ2n) is 4.09. The summed E-state index contributed by atoms with van der Waals surface area (Å²) in [6.07, 6.45) is 2.65. The number of rotatable bonds is 1. The number of fused-ring (bicyclic) bond motifs is 1. The first-order chi connectivity index (χ1) is 6.79. The van der Waals surface area contributed by atoms with Crippen LogP contribution in [0.25, 0.3) is 0 Å². The summed E-state index contributed by atoms with van der Waals surface area (Å²) in [4.78, 5) is 0. The molecule has 78 valence electrons. The van der Waals surface area contributed by atoms with Crippen molar-refractivity contribution in [2.45, 2.75) is 46.5 Å². The van der Waals surface area contributed by atoms with Crippen LogP contribution in [0, 0.1) is 5.92 Å². The van der Waals surface area contributed by atoms with Crippen molar-refractivity contribution in [1.82, 2.24) is 0 Å². The molecule has 1 aromatic carbocycles. The van der Waals surface area contributed by atoms with E-state index in [1.165, 1.54) is 12.8 Å². The van der Waals surface area contributed by atoms with Gasteiger partial charge in [0, 0.05) is 0 Å². The largest absolute Gasteiger partial charge is 0.0683 e. The molecule has 1 aromatic rings. The molecule has 1 aliphatic carbocycles. The van der Waals surface area contributed by atoms with E-state index in [-0.39, 0.29) is 0 Å². The molecular weight excluding hydrogens is 168 g/mol. The molecule has 0 N–H and O–H groups in total. The van der Waals surface area contributed by atoms with E-state index in [0.29, 0.717) is 0 Å². The topological polar surface area (TPSA) is 0 Å². The number of benzene rings is 1. The van der Waals surface area contributed by atoms with Crippen molar-refractivity contribution in [3.63, 3.8) is 0 Å². The van der Waals surface area contributed by atoms with Gasteiger partial charge in [0.1, 0.15) is 0 Å². The fourth-order valence-corrected chi connectivity index (χ4v) is 2.28. The van der Waals surface area contributed by atoms with Gasteiger partial charge in [-0.2, -0.15) is 0 Å². The molecule has 0 heteroatoms. The van der Waals surface area contributed by atoms with Gasteiger partial charge in [0.25, 0.3) is 0 Å². The van der Waals surface area contributed by atoms with Gasteiger partial charge < -0.3 is 0 Å². The van der Waals surface area contributed by atoms with Crippen LogP contribution >= 0.6 is 0 Å². The molecule has 14 heavy (non-hydrogen) atoms. The lowest BCUT2D eigenvalue weighted by molar-refractivity contribution is 0.496. The van der Waals surface area contributed by atoms with Crippen molar-refractivity contribution in [3.05, 3.63) is 35.4 Å². The minimum Gasteiger partial charge on any atom is -0.0683 e. The van der Waals surface area contributed by atoms with Crippen LogP contribution in [0.1, 0.15) is 51.2 Å². The van der Waals surface area contributed by atoms with Gasteiger partial charge in [-0.1, -0.05) is 52.0 Å². The highest BCUT2D eigenvalue weighted by Gasteiger charge is 2.23. The zero-order valence-electron chi connectivity index (χ0n) is 9.88. The Balaban J connectivity index is 0.000000461. The summed E-state index contributed by atoms with van der Waals surface area (Å²) in [5.41, 5.74) is 3.18. The van der Waals surface area contributed by atoms with Crippen molar-refractivity contribution >= 4 is 0 Å². The second kappa shape index (κ2) is 5.19. The Kier molecular flexibility index (Phi) is 4.19. The maximum Gasteiger partial charge on any atom is -0.0133 e. The average Bonchev–Trinajstić information content (AvgIpc) is 2.64. The Morgan fingerprint density at radius 2 is 1.79 bits per heavy atom. The molecule has 0 fully saturated rings. The van der Waals surface area contributed by atoms with E-state index in [2.05, 4.69) is 38.1 Å². The third kappa shape index (κ3) is 2.17. The van der Waals surface area contributed by atoms with E-state index in [0.717, 1.165) is 11.8 Å². The van der Waals surface area contributed by atoms with Gasteiger partial charge in [-0.25, -0.2) is 0 Å². The molecule has 0 nitrogen and oxygen atoms in total. The minimum atomic E-state index is 0.800. The van der Waals surface area contributed by atoms with Crippen molar-refractivity contribution < 1.29 is 0 Å². The van der Waals surface area contributed by atoms with Gasteiger partial charge in [0.05, 0.1) is 0 Å². The summed E-state index contributed by atoms with van der Waals surface area (Å²) in [5, 5.41) is 0. The van der Waals surface area contributed by atoms with E-state index in [4.69, 9.17) is 0 Å². The summed E-state index contributed by atoms with van der Waals surface area (Å²) < 4.78 is 0. The summed E-state index contributed by atoms with van der Waals surface area (Å²) >= 11 is 0. The van der Waals surface area contributed by atoms with Crippen LogP contribution < -0.4 is 0 Å². The summed E-state index contributed by atoms with van der Waals surface area (Å²) in [5.74, 6) is 1.62. The third-order valence-electron chi connectivity index (χ3n) is 2.98. The molecule has 0 spiro atoms. The van der Waals surface area contributed by atoms with Gasteiger partial charge >= 0.3 is 0 Å². The standard InChI is InChI=1S/C12H16.C2H6/c1-9(2)11-8-7-10-5-3-4-6-12(10)11;1-2/h3-6,9,11H,7-8H2,1-2H3;1-2H3. The number of hydrogen-bond acceptors (Lipinski definition) is 0. The van der Waals surface area contributed by atoms with Gasteiger partial charge in [-0.3, -0.25) is 0 Å². The van der Waals surface area contributed by atoms with E-state index in [1.807, 2.05) is 13.8 Å². The minimum absolute atomic E-state index is 0.800. The van der Waals surface area contributed by atoms with Crippen LogP contribution in [0.2, 0.25) is 0 Å². The lowest BCUT2D eigenvalue weighted by atomic mass is 9.90. The third-order valence-corrected chi connectivity index (χ3v) is 2.98. The molecule has 0 saturated carbocycles. The Bertz CT molecular complexity index is 273. The second-order valence-corrected chi connectivity index (χ2v) is 4.09. The van der Waals surface area contributed by atoms with Crippen molar-refractivity contribution in [2.24, 2.45) is 5.92 Å². The quantitative estimate of drug-likeness (QED) is 0.615. The zero-order chi connectivity index (χ0) is 10.6. The van der Waals surface area contributed by atoms with Gasteiger partial charge in [0.2, 0.25) is 0 Å². The maximum absolute atomic E-state index is 2.33.